The van der Waals surface area contributed by atoms with Crippen LogP contribution in [0.3, 0.4) is 0 Å². The van der Waals surface area contributed by atoms with Gasteiger partial charge in [0.1, 0.15) is 0 Å². The zero-order chi connectivity index (χ0) is 12.7. The molecule has 1 saturated heterocycles. The van der Waals surface area contributed by atoms with Crippen molar-refractivity contribution in [1.82, 2.24) is 4.90 Å². The number of rotatable bonds is 3. The number of nitrogens with zero attached hydrogens (tertiary/aromatic N) is 1. The van der Waals surface area contributed by atoms with Gasteiger partial charge in [-0.1, -0.05) is 27.5 Å². The van der Waals surface area contributed by atoms with Crippen LogP contribution >= 0.6 is 27.5 Å². The molecule has 1 aliphatic carbocycles. The van der Waals surface area contributed by atoms with Gasteiger partial charge in [0.25, 0.3) is 0 Å². The molecule has 4 heteroatoms. The molecule has 1 aromatic carbocycles. The van der Waals surface area contributed by atoms with Gasteiger partial charge >= 0.3 is 0 Å². The highest BCUT2D eigenvalue weighted by Gasteiger charge is 2.42. The average molecular weight is 330 g/mol. The van der Waals surface area contributed by atoms with Crippen molar-refractivity contribution in [2.24, 2.45) is 11.7 Å². The lowest BCUT2D eigenvalue weighted by atomic mass is 9.93. The number of benzene rings is 1. The number of likely N-dealkylation sites (tertiary alicyclic amines) is 1. The van der Waals surface area contributed by atoms with Gasteiger partial charge < -0.3 is 5.73 Å². The Kier molecular flexibility index (Phi) is 3.68. The molecule has 0 radical (unpaired) electrons. The van der Waals surface area contributed by atoms with Crippen LogP contribution in [-0.2, 0) is 0 Å². The minimum atomic E-state index is 0.410. The van der Waals surface area contributed by atoms with E-state index in [2.05, 4.69) is 26.9 Å². The number of halogens is 2. The molecule has 1 aliphatic heterocycles. The summed E-state index contributed by atoms with van der Waals surface area (Å²) in [5.74, 6) is 0.539. The summed E-state index contributed by atoms with van der Waals surface area (Å²) in [5, 5.41) is 0.870. The highest BCUT2D eigenvalue weighted by atomic mass is 79.9. The fourth-order valence-electron chi connectivity index (χ4n) is 3.12. The highest BCUT2D eigenvalue weighted by Crippen LogP contribution is 2.45. The monoisotopic (exact) mass is 328 g/mol. The summed E-state index contributed by atoms with van der Waals surface area (Å²) in [6.07, 6.45) is 3.86. The largest absolute Gasteiger partial charge is 0.330 e. The smallest absolute Gasteiger partial charge is 0.0454 e. The first-order chi connectivity index (χ1) is 8.70. The van der Waals surface area contributed by atoms with E-state index in [4.69, 9.17) is 17.3 Å². The summed E-state index contributed by atoms with van der Waals surface area (Å²) in [7, 11) is 0. The Hall–Kier alpha value is -0.0900. The van der Waals surface area contributed by atoms with E-state index in [1.54, 1.807) is 0 Å². The summed E-state index contributed by atoms with van der Waals surface area (Å²) in [6.45, 7) is 1.91. The van der Waals surface area contributed by atoms with E-state index in [1.807, 2.05) is 12.1 Å². The summed E-state index contributed by atoms with van der Waals surface area (Å²) >= 11 is 9.95. The molecule has 1 heterocycles. The minimum absolute atomic E-state index is 0.410. The third kappa shape index (κ3) is 2.34. The van der Waals surface area contributed by atoms with Crippen molar-refractivity contribution in [3.8, 4) is 0 Å². The molecule has 2 fully saturated rings. The highest BCUT2D eigenvalue weighted by molar-refractivity contribution is 9.10. The third-order valence-electron chi connectivity index (χ3n) is 4.16. The van der Waals surface area contributed by atoms with Crippen molar-refractivity contribution >= 4 is 27.5 Å². The summed E-state index contributed by atoms with van der Waals surface area (Å²) in [4.78, 5) is 2.62. The average Bonchev–Trinajstić information content (AvgIpc) is 3.12. The van der Waals surface area contributed by atoms with Gasteiger partial charge in [-0.25, -0.2) is 0 Å². The van der Waals surface area contributed by atoms with Crippen molar-refractivity contribution in [3.05, 3.63) is 33.3 Å². The van der Waals surface area contributed by atoms with E-state index in [0.29, 0.717) is 12.0 Å². The fraction of sp³-hybridized carbons (Fsp3) is 0.571. The summed E-state index contributed by atoms with van der Waals surface area (Å²) < 4.78 is 1.10. The Bertz CT molecular complexity index is 447. The predicted octanol–water partition coefficient (Wildman–Crippen LogP) is 3.59. The van der Waals surface area contributed by atoms with Crippen LogP contribution in [0, 0.1) is 5.92 Å². The number of hydrogen-bond acceptors (Lipinski definition) is 2. The second-order valence-electron chi connectivity index (χ2n) is 5.36. The Labute approximate surface area is 122 Å². The molecular formula is C14H18BrClN2. The zero-order valence-corrected chi connectivity index (χ0v) is 12.6. The lowest BCUT2D eigenvalue weighted by Crippen LogP contribution is -2.30. The van der Waals surface area contributed by atoms with E-state index in [0.717, 1.165) is 22.1 Å². The molecule has 1 aromatic rings. The first kappa shape index (κ1) is 12.9. The lowest BCUT2D eigenvalue weighted by Gasteiger charge is -2.29. The Morgan fingerprint density at radius 3 is 2.78 bits per heavy atom. The van der Waals surface area contributed by atoms with Gasteiger partial charge in [0.2, 0.25) is 0 Å². The topological polar surface area (TPSA) is 29.3 Å². The van der Waals surface area contributed by atoms with E-state index < -0.39 is 0 Å². The second-order valence-corrected chi connectivity index (χ2v) is 6.69. The Balaban J connectivity index is 1.97. The molecule has 3 rings (SSSR count). The van der Waals surface area contributed by atoms with Gasteiger partial charge in [0.05, 0.1) is 0 Å². The second kappa shape index (κ2) is 5.12. The maximum atomic E-state index is 6.40. The van der Waals surface area contributed by atoms with Gasteiger partial charge in [-0.05, 0) is 62.0 Å². The van der Waals surface area contributed by atoms with E-state index in [-0.39, 0.29) is 0 Å². The van der Waals surface area contributed by atoms with Crippen molar-refractivity contribution in [2.75, 3.05) is 13.1 Å². The maximum absolute atomic E-state index is 6.40. The first-order valence-corrected chi connectivity index (χ1v) is 7.78. The molecule has 0 amide bonds. The van der Waals surface area contributed by atoms with Crippen LogP contribution in [0.15, 0.2) is 22.7 Å². The molecule has 98 valence electrons. The van der Waals surface area contributed by atoms with Crippen molar-refractivity contribution in [3.63, 3.8) is 0 Å². The van der Waals surface area contributed by atoms with Crippen molar-refractivity contribution in [2.45, 2.75) is 31.3 Å². The Morgan fingerprint density at radius 2 is 2.11 bits per heavy atom. The van der Waals surface area contributed by atoms with Crippen LogP contribution in [-0.4, -0.2) is 24.0 Å². The van der Waals surface area contributed by atoms with E-state index in [1.165, 1.54) is 31.4 Å². The molecular weight excluding hydrogens is 312 g/mol. The molecule has 0 spiro atoms. The first-order valence-electron chi connectivity index (χ1n) is 6.61. The third-order valence-corrected chi connectivity index (χ3v) is 4.99. The summed E-state index contributed by atoms with van der Waals surface area (Å²) in [5.41, 5.74) is 7.19. The van der Waals surface area contributed by atoms with Crippen LogP contribution < -0.4 is 5.73 Å². The summed E-state index contributed by atoms with van der Waals surface area (Å²) in [6, 6.07) is 7.32. The number of hydrogen-bond donors (Lipinski definition) is 1. The fourth-order valence-corrected chi connectivity index (χ4v) is 3.73. The Morgan fingerprint density at radius 1 is 1.33 bits per heavy atom. The molecule has 1 saturated carbocycles. The van der Waals surface area contributed by atoms with Crippen LogP contribution in [0.2, 0.25) is 5.02 Å². The molecule has 2 nitrogen and oxygen atoms in total. The standard InChI is InChI=1S/C14H18BrClN2/c15-10-1-4-13(16)12(7-10)14-9(8-17)5-6-18(14)11-2-3-11/h1,4,7,9,11,14H,2-3,5-6,8,17H2. The minimum Gasteiger partial charge on any atom is -0.330 e. The predicted molar refractivity (Wildman–Crippen MR) is 78.8 cm³/mol. The molecule has 0 aromatic heterocycles. The SMILES string of the molecule is NCC1CCN(C2CC2)C1c1cc(Br)ccc1Cl. The zero-order valence-electron chi connectivity index (χ0n) is 10.3. The molecule has 2 atom stereocenters. The molecule has 2 unspecified atom stereocenters. The molecule has 18 heavy (non-hydrogen) atoms. The van der Waals surface area contributed by atoms with Gasteiger partial charge in [-0.3, -0.25) is 4.90 Å². The molecule has 0 bridgehead atoms. The normalized spacial score (nSPS) is 28.8. The maximum Gasteiger partial charge on any atom is 0.0454 e. The van der Waals surface area contributed by atoms with Crippen LogP contribution in [0.4, 0.5) is 0 Å². The van der Waals surface area contributed by atoms with Gasteiger partial charge in [0, 0.05) is 21.6 Å². The molecule has 2 aliphatic rings. The van der Waals surface area contributed by atoms with Crippen LogP contribution in [0.25, 0.3) is 0 Å². The van der Waals surface area contributed by atoms with Crippen LogP contribution in [0.5, 0.6) is 0 Å². The lowest BCUT2D eigenvalue weighted by molar-refractivity contribution is 0.220. The van der Waals surface area contributed by atoms with E-state index >= 15 is 0 Å². The quantitative estimate of drug-likeness (QED) is 0.918. The van der Waals surface area contributed by atoms with E-state index in [9.17, 15) is 0 Å². The number of nitrogens with two attached hydrogens (primary N) is 1. The van der Waals surface area contributed by atoms with Crippen molar-refractivity contribution < 1.29 is 0 Å². The van der Waals surface area contributed by atoms with Gasteiger partial charge in [0.15, 0.2) is 0 Å². The van der Waals surface area contributed by atoms with Crippen LogP contribution in [0.1, 0.15) is 30.9 Å². The van der Waals surface area contributed by atoms with Gasteiger partial charge in [-0.2, -0.15) is 0 Å². The molecule has 2 N–H and O–H groups in total. The van der Waals surface area contributed by atoms with Crippen molar-refractivity contribution in [1.29, 1.82) is 0 Å². The van der Waals surface area contributed by atoms with Gasteiger partial charge in [-0.15, -0.1) is 0 Å².